The molecule has 0 aliphatic rings. The van der Waals surface area contributed by atoms with Gasteiger partial charge in [-0.05, 0) is 19.6 Å². The molecule has 0 bridgehead atoms. The molecule has 62 valence electrons. The summed E-state index contributed by atoms with van der Waals surface area (Å²) in [4.78, 5) is 0. The van der Waals surface area contributed by atoms with Crippen molar-refractivity contribution in [3.05, 3.63) is 0 Å². The van der Waals surface area contributed by atoms with Gasteiger partial charge in [-0.3, -0.25) is 0 Å². The van der Waals surface area contributed by atoms with Gasteiger partial charge in [0.1, 0.15) is 8.56 Å². The van der Waals surface area contributed by atoms with Gasteiger partial charge in [-0.15, -0.1) is 0 Å². The van der Waals surface area contributed by atoms with E-state index in [0.717, 1.165) is 0 Å². The lowest BCUT2D eigenvalue weighted by molar-refractivity contribution is 0.593. The molecule has 0 fully saturated rings. The number of rotatable bonds is 3. The van der Waals surface area contributed by atoms with Crippen LogP contribution in [0.15, 0.2) is 0 Å². The van der Waals surface area contributed by atoms with Crippen LogP contribution in [0.5, 0.6) is 0 Å². The summed E-state index contributed by atoms with van der Waals surface area (Å²) in [6.07, 6.45) is 0. The van der Waals surface area contributed by atoms with E-state index in [1.165, 1.54) is 0 Å². The van der Waals surface area contributed by atoms with E-state index >= 15 is 0 Å². The molecular formula is C6H20OSi3. The summed E-state index contributed by atoms with van der Waals surface area (Å²) in [5.41, 5.74) is 0. The maximum Gasteiger partial charge on any atom is 0.169 e. The maximum absolute atomic E-state index is 6.04. The largest absolute Gasteiger partial charge is 0.461 e. The Morgan fingerprint density at radius 1 is 1.00 bits per heavy atom. The molecule has 0 aliphatic carbocycles. The molecule has 0 N–H and O–H groups in total. The number of hydrogen-bond donors (Lipinski definition) is 0. The van der Waals surface area contributed by atoms with E-state index in [1.54, 1.807) is 0 Å². The van der Waals surface area contributed by atoms with Crippen molar-refractivity contribution >= 4 is 25.2 Å². The first-order valence-electron chi connectivity index (χ1n) is 4.01. The molecule has 0 saturated carbocycles. The zero-order chi connectivity index (χ0) is 8.36. The second-order valence-electron chi connectivity index (χ2n) is 4.18. The first-order chi connectivity index (χ1) is 4.33. The Bertz CT molecular complexity index is 97.7. The third-order valence-corrected chi connectivity index (χ3v) is 14.5. The van der Waals surface area contributed by atoms with Gasteiger partial charge in [-0.25, -0.2) is 0 Å². The van der Waals surface area contributed by atoms with Gasteiger partial charge in [-0.1, -0.05) is 19.6 Å². The zero-order valence-corrected chi connectivity index (χ0v) is 11.4. The van der Waals surface area contributed by atoms with Crippen LogP contribution in [0.4, 0.5) is 0 Å². The van der Waals surface area contributed by atoms with Crippen molar-refractivity contribution < 1.29 is 4.12 Å². The van der Waals surface area contributed by atoms with Crippen LogP contribution in [0.2, 0.25) is 39.3 Å². The van der Waals surface area contributed by atoms with E-state index in [1.807, 2.05) is 0 Å². The average molecular weight is 192 g/mol. The maximum atomic E-state index is 6.04. The lowest BCUT2D eigenvalue weighted by Gasteiger charge is -2.24. The van der Waals surface area contributed by atoms with Gasteiger partial charge in [-0.2, -0.15) is 0 Å². The monoisotopic (exact) mass is 192 g/mol. The van der Waals surface area contributed by atoms with Crippen LogP contribution in [0.3, 0.4) is 0 Å². The Hall–Kier alpha value is 0.611. The highest BCUT2D eigenvalue weighted by Gasteiger charge is 2.20. The Morgan fingerprint density at radius 2 is 1.40 bits per heavy atom. The molecule has 0 spiro atoms. The fraction of sp³-hybridized carbons (Fsp3) is 1.00. The minimum absolute atomic E-state index is 0.413. The quantitative estimate of drug-likeness (QED) is 0.619. The molecular weight excluding hydrogens is 172 g/mol. The summed E-state index contributed by atoms with van der Waals surface area (Å²) in [5.74, 6) is 0. The minimum atomic E-state index is -1.19. The van der Waals surface area contributed by atoms with Crippen LogP contribution in [0.25, 0.3) is 0 Å². The fourth-order valence-electron chi connectivity index (χ4n) is 0.694. The highest BCUT2D eigenvalue weighted by molar-refractivity contribution is 7.19. The van der Waals surface area contributed by atoms with Gasteiger partial charge in [0.25, 0.3) is 0 Å². The molecule has 1 atom stereocenters. The van der Waals surface area contributed by atoms with E-state index in [-0.39, 0.29) is 0 Å². The summed E-state index contributed by atoms with van der Waals surface area (Å²) in [6.45, 7) is 14.0. The van der Waals surface area contributed by atoms with E-state index in [2.05, 4.69) is 39.3 Å². The molecule has 0 radical (unpaired) electrons. The lowest BCUT2D eigenvalue weighted by atomic mass is 11.8. The summed E-state index contributed by atoms with van der Waals surface area (Å²) in [6, 6.07) is 0. The van der Waals surface area contributed by atoms with E-state index in [4.69, 9.17) is 4.12 Å². The molecule has 1 nitrogen and oxygen atoms in total. The third-order valence-electron chi connectivity index (χ3n) is 1.48. The van der Waals surface area contributed by atoms with Crippen LogP contribution in [0, 0.1) is 0 Å². The number of hydrogen-bond acceptors (Lipinski definition) is 1. The SMILES string of the molecule is C[SiH](C)[SiH](C)O[Si](C)(C)C. The molecule has 0 saturated heterocycles. The van der Waals surface area contributed by atoms with Crippen LogP contribution >= 0.6 is 0 Å². The molecule has 4 heteroatoms. The summed E-state index contributed by atoms with van der Waals surface area (Å²) in [5, 5.41) is 0. The van der Waals surface area contributed by atoms with Gasteiger partial charge in [0.05, 0.1) is 8.31 Å². The highest BCUT2D eigenvalue weighted by Crippen LogP contribution is 2.06. The Balaban J connectivity index is 3.68. The summed E-state index contributed by atoms with van der Waals surface area (Å²) in [7, 11) is -2.30. The zero-order valence-electron chi connectivity index (χ0n) is 8.06. The first kappa shape index (κ1) is 10.6. The van der Waals surface area contributed by atoms with Gasteiger partial charge in [0, 0.05) is 0 Å². The predicted molar refractivity (Wildman–Crippen MR) is 56.3 cm³/mol. The molecule has 0 amide bonds. The van der Waals surface area contributed by atoms with Crippen molar-refractivity contribution in [1.82, 2.24) is 0 Å². The molecule has 0 aliphatic heterocycles. The Kier molecular flexibility index (Phi) is 4.08. The minimum Gasteiger partial charge on any atom is -0.461 e. The van der Waals surface area contributed by atoms with Crippen LogP contribution < -0.4 is 0 Å². The van der Waals surface area contributed by atoms with Crippen molar-refractivity contribution in [2.75, 3.05) is 0 Å². The Morgan fingerprint density at radius 3 is 1.50 bits per heavy atom. The smallest absolute Gasteiger partial charge is 0.169 e. The molecule has 0 aromatic carbocycles. The molecule has 0 rings (SSSR count). The molecule has 0 aromatic rings. The normalized spacial score (nSPS) is 15.9. The summed E-state index contributed by atoms with van der Waals surface area (Å²) >= 11 is 0. The Labute approximate surface area is 69.0 Å². The third kappa shape index (κ3) is 5.40. The van der Waals surface area contributed by atoms with Crippen molar-refractivity contribution in [3.8, 4) is 0 Å². The average Bonchev–Trinajstić information content (AvgIpc) is 1.60. The van der Waals surface area contributed by atoms with Gasteiger partial charge < -0.3 is 4.12 Å². The lowest BCUT2D eigenvalue weighted by Crippen LogP contribution is -2.40. The van der Waals surface area contributed by atoms with Crippen molar-refractivity contribution in [2.45, 2.75) is 39.3 Å². The van der Waals surface area contributed by atoms with E-state index < -0.39 is 25.2 Å². The van der Waals surface area contributed by atoms with E-state index in [9.17, 15) is 0 Å². The highest BCUT2D eigenvalue weighted by atomic mass is 29.2. The van der Waals surface area contributed by atoms with E-state index in [0.29, 0.717) is 0 Å². The first-order valence-corrected chi connectivity index (χ1v) is 14.0. The van der Waals surface area contributed by atoms with Crippen molar-refractivity contribution in [1.29, 1.82) is 0 Å². The molecule has 1 unspecified atom stereocenters. The molecule has 10 heavy (non-hydrogen) atoms. The van der Waals surface area contributed by atoms with Gasteiger partial charge >= 0.3 is 0 Å². The van der Waals surface area contributed by atoms with Crippen molar-refractivity contribution in [3.63, 3.8) is 0 Å². The van der Waals surface area contributed by atoms with Gasteiger partial charge in [0.15, 0.2) is 8.32 Å². The molecule has 0 aromatic heterocycles. The van der Waals surface area contributed by atoms with Crippen LogP contribution in [-0.2, 0) is 4.12 Å². The molecule has 0 heterocycles. The standard InChI is InChI=1S/C6H20OSi3/c1-8(2)9(3)7-10(4,5)6/h8-9H,1-6H3. The second-order valence-corrected chi connectivity index (χ2v) is 20.1. The van der Waals surface area contributed by atoms with Gasteiger partial charge in [0.2, 0.25) is 0 Å². The predicted octanol–water partition coefficient (Wildman–Crippen LogP) is 1.76. The van der Waals surface area contributed by atoms with Crippen LogP contribution in [0.1, 0.15) is 0 Å². The second kappa shape index (κ2) is 3.85. The van der Waals surface area contributed by atoms with Crippen LogP contribution in [-0.4, -0.2) is 25.2 Å². The fourth-order valence-corrected chi connectivity index (χ4v) is 12.4. The topological polar surface area (TPSA) is 9.23 Å². The van der Waals surface area contributed by atoms with Crippen molar-refractivity contribution in [2.24, 2.45) is 0 Å². The summed E-state index contributed by atoms with van der Waals surface area (Å²) < 4.78 is 6.04.